The van der Waals surface area contributed by atoms with Crippen LogP contribution in [0.1, 0.15) is 24.0 Å². The molecule has 1 aromatic carbocycles. The van der Waals surface area contributed by atoms with Crippen LogP contribution in [0, 0.1) is 6.92 Å². The average Bonchev–Trinajstić information content (AvgIpc) is 2.20. The topological polar surface area (TPSA) is 40.5 Å². The Morgan fingerprint density at radius 2 is 2.13 bits per heavy atom. The number of rotatable bonds is 5. The van der Waals surface area contributed by atoms with Gasteiger partial charge in [0.15, 0.2) is 0 Å². The lowest BCUT2D eigenvalue weighted by atomic mass is 10.0. The fourth-order valence-electron chi connectivity index (χ4n) is 1.53. The number of halogens is 1. The normalized spacial score (nSPS) is 12.8. The minimum atomic E-state index is -0.377. The fraction of sp³-hybridized carbons (Fsp3) is 0.500. The van der Waals surface area contributed by atoms with Gasteiger partial charge in [-0.2, -0.15) is 0 Å². The Labute approximate surface area is 95.5 Å². The third-order valence-corrected chi connectivity index (χ3v) is 2.81. The van der Waals surface area contributed by atoms with E-state index in [0.29, 0.717) is 19.3 Å². The highest BCUT2D eigenvalue weighted by molar-refractivity contribution is 6.31. The van der Waals surface area contributed by atoms with Crippen LogP contribution in [0.3, 0.4) is 0 Å². The summed E-state index contributed by atoms with van der Waals surface area (Å²) in [4.78, 5) is 0. The molecule has 0 fully saturated rings. The molecule has 2 nitrogen and oxygen atoms in total. The molecule has 1 rings (SSSR count). The van der Waals surface area contributed by atoms with Gasteiger partial charge in [-0.15, -0.1) is 0 Å². The van der Waals surface area contributed by atoms with Crippen LogP contribution in [0.4, 0.5) is 0 Å². The number of hydrogen-bond acceptors (Lipinski definition) is 2. The van der Waals surface area contributed by atoms with E-state index in [-0.39, 0.29) is 12.7 Å². The zero-order chi connectivity index (χ0) is 11.3. The van der Waals surface area contributed by atoms with Crippen LogP contribution in [0.25, 0.3) is 0 Å². The predicted molar refractivity (Wildman–Crippen MR) is 62.2 cm³/mol. The summed E-state index contributed by atoms with van der Waals surface area (Å²) in [5.41, 5.74) is 2.12. The molecule has 15 heavy (non-hydrogen) atoms. The van der Waals surface area contributed by atoms with Crippen LogP contribution in [-0.2, 0) is 6.42 Å². The SMILES string of the molecule is Cc1cc(CC(O)CCCO)ccc1Cl. The number of aryl methyl sites for hydroxylation is 1. The summed E-state index contributed by atoms with van der Waals surface area (Å²) in [5, 5.41) is 19.0. The third kappa shape index (κ3) is 4.20. The molecule has 0 saturated carbocycles. The predicted octanol–water partition coefficient (Wildman–Crippen LogP) is 2.32. The van der Waals surface area contributed by atoms with Gasteiger partial charge in [0.1, 0.15) is 0 Å². The van der Waals surface area contributed by atoms with Crippen LogP contribution >= 0.6 is 11.6 Å². The largest absolute Gasteiger partial charge is 0.396 e. The Kier molecular flexibility index (Phi) is 5.09. The van der Waals surface area contributed by atoms with Gasteiger partial charge in [0.2, 0.25) is 0 Å². The highest BCUT2D eigenvalue weighted by Crippen LogP contribution is 2.17. The number of aliphatic hydroxyl groups is 2. The summed E-state index contributed by atoms with van der Waals surface area (Å²) in [6.45, 7) is 2.09. The Morgan fingerprint density at radius 1 is 1.40 bits per heavy atom. The van der Waals surface area contributed by atoms with Gasteiger partial charge in [-0.1, -0.05) is 23.7 Å². The molecule has 1 aromatic rings. The molecule has 0 amide bonds. The van der Waals surface area contributed by atoms with Crippen molar-refractivity contribution in [2.75, 3.05) is 6.61 Å². The van der Waals surface area contributed by atoms with E-state index in [4.69, 9.17) is 16.7 Å². The Hall–Kier alpha value is -0.570. The van der Waals surface area contributed by atoms with Crippen LogP contribution < -0.4 is 0 Å². The second-order valence-electron chi connectivity index (χ2n) is 3.81. The summed E-state index contributed by atoms with van der Waals surface area (Å²) in [5.74, 6) is 0. The molecule has 0 heterocycles. The number of benzene rings is 1. The third-order valence-electron chi connectivity index (χ3n) is 2.39. The van der Waals surface area contributed by atoms with E-state index in [1.807, 2.05) is 25.1 Å². The van der Waals surface area contributed by atoms with Crippen LogP contribution in [-0.4, -0.2) is 22.9 Å². The quantitative estimate of drug-likeness (QED) is 0.812. The fourth-order valence-corrected chi connectivity index (χ4v) is 1.65. The first-order valence-electron chi connectivity index (χ1n) is 5.17. The van der Waals surface area contributed by atoms with Crippen molar-refractivity contribution in [3.8, 4) is 0 Å². The second-order valence-corrected chi connectivity index (χ2v) is 4.21. The van der Waals surface area contributed by atoms with E-state index in [2.05, 4.69) is 0 Å². The molecular formula is C12H17ClO2. The first kappa shape index (κ1) is 12.5. The second kappa shape index (κ2) is 6.11. The van der Waals surface area contributed by atoms with Gasteiger partial charge in [0, 0.05) is 11.6 Å². The van der Waals surface area contributed by atoms with Gasteiger partial charge in [-0.3, -0.25) is 0 Å². The maximum Gasteiger partial charge on any atom is 0.0581 e. The Morgan fingerprint density at radius 3 is 2.73 bits per heavy atom. The number of hydrogen-bond donors (Lipinski definition) is 2. The van der Waals surface area contributed by atoms with Crippen molar-refractivity contribution in [2.24, 2.45) is 0 Å². The van der Waals surface area contributed by atoms with Crippen LogP contribution in [0.15, 0.2) is 18.2 Å². The molecule has 0 spiro atoms. The van der Waals surface area contributed by atoms with Gasteiger partial charge < -0.3 is 10.2 Å². The molecule has 1 unspecified atom stereocenters. The minimum Gasteiger partial charge on any atom is -0.396 e. The van der Waals surface area contributed by atoms with E-state index in [1.165, 1.54) is 0 Å². The van der Waals surface area contributed by atoms with E-state index < -0.39 is 0 Å². The lowest BCUT2D eigenvalue weighted by Gasteiger charge is -2.10. The van der Waals surface area contributed by atoms with Gasteiger partial charge in [-0.25, -0.2) is 0 Å². The molecule has 84 valence electrons. The lowest BCUT2D eigenvalue weighted by Crippen LogP contribution is -2.11. The maximum absolute atomic E-state index is 9.65. The number of aliphatic hydroxyl groups excluding tert-OH is 2. The van der Waals surface area contributed by atoms with Crippen LogP contribution in [0.5, 0.6) is 0 Å². The Bertz CT molecular complexity index is 312. The van der Waals surface area contributed by atoms with Crippen molar-refractivity contribution in [1.29, 1.82) is 0 Å². The standard InChI is InChI=1S/C12H17ClO2/c1-9-7-10(4-5-12(9)13)8-11(15)3-2-6-14/h4-5,7,11,14-15H,2-3,6,8H2,1H3. The summed E-state index contributed by atoms with van der Waals surface area (Å²) >= 11 is 5.91. The molecule has 0 aliphatic carbocycles. The monoisotopic (exact) mass is 228 g/mol. The molecule has 2 N–H and O–H groups in total. The summed E-state index contributed by atoms with van der Waals surface area (Å²) in [6.07, 6.45) is 1.53. The first-order valence-corrected chi connectivity index (χ1v) is 5.55. The molecule has 0 saturated heterocycles. The smallest absolute Gasteiger partial charge is 0.0581 e. The molecule has 0 aliphatic rings. The molecule has 0 bridgehead atoms. The van der Waals surface area contributed by atoms with Crippen molar-refractivity contribution in [2.45, 2.75) is 32.3 Å². The molecule has 3 heteroatoms. The maximum atomic E-state index is 9.65. The Balaban J connectivity index is 2.53. The van der Waals surface area contributed by atoms with E-state index in [9.17, 15) is 5.11 Å². The minimum absolute atomic E-state index is 0.136. The van der Waals surface area contributed by atoms with Gasteiger partial charge in [-0.05, 0) is 43.4 Å². The van der Waals surface area contributed by atoms with Gasteiger partial charge >= 0.3 is 0 Å². The molecule has 0 aromatic heterocycles. The summed E-state index contributed by atoms with van der Waals surface area (Å²) in [6, 6.07) is 5.77. The van der Waals surface area contributed by atoms with Crippen molar-refractivity contribution in [3.05, 3.63) is 34.3 Å². The van der Waals surface area contributed by atoms with Crippen molar-refractivity contribution in [1.82, 2.24) is 0 Å². The molecule has 0 aliphatic heterocycles. The van der Waals surface area contributed by atoms with E-state index in [1.54, 1.807) is 0 Å². The molecular weight excluding hydrogens is 212 g/mol. The highest BCUT2D eigenvalue weighted by Gasteiger charge is 2.06. The lowest BCUT2D eigenvalue weighted by molar-refractivity contribution is 0.150. The van der Waals surface area contributed by atoms with Crippen molar-refractivity contribution < 1.29 is 10.2 Å². The zero-order valence-corrected chi connectivity index (χ0v) is 9.67. The molecule has 1 atom stereocenters. The van der Waals surface area contributed by atoms with Gasteiger partial charge in [0.25, 0.3) is 0 Å². The van der Waals surface area contributed by atoms with Crippen molar-refractivity contribution >= 4 is 11.6 Å². The van der Waals surface area contributed by atoms with Gasteiger partial charge in [0.05, 0.1) is 6.10 Å². The highest BCUT2D eigenvalue weighted by atomic mass is 35.5. The first-order chi connectivity index (χ1) is 7.13. The summed E-state index contributed by atoms with van der Waals surface area (Å²) < 4.78 is 0. The van der Waals surface area contributed by atoms with Crippen molar-refractivity contribution in [3.63, 3.8) is 0 Å². The molecule has 0 radical (unpaired) electrons. The van der Waals surface area contributed by atoms with Crippen LogP contribution in [0.2, 0.25) is 5.02 Å². The van der Waals surface area contributed by atoms with E-state index in [0.717, 1.165) is 16.1 Å². The average molecular weight is 229 g/mol. The zero-order valence-electron chi connectivity index (χ0n) is 8.91. The summed E-state index contributed by atoms with van der Waals surface area (Å²) in [7, 11) is 0. The van der Waals surface area contributed by atoms with E-state index >= 15 is 0 Å².